The van der Waals surface area contributed by atoms with Gasteiger partial charge in [-0.25, -0.2) is 5.01 Å². The number of aryl methyl sites for hydroxylation is 1. The Morgan fingerprint density at radius 3 is 2.55 bits per heavy atom. The van der Waals surface area contributed by atoms with Crippen molar-refractivity contribution in [2.75, 3.05) is 62.1 Å². The van der Waals surface area contributed by atoms with Crippen LogP contribution in [-0.4, -0.2) is 67.7 Å². The highest BCUT2D eigenvalue weighted by molar-refractivity contribution is 6.05. The van der Waals surface area contributed by atoms with Crippen molar-refractivity contribution in [3.63, 3.8) is 0 Å². The van der Waals surface area contributed by atoms with Crippen LogP contribution in [0.15, 0.2) is 59.3 Å². The van der Waals surface area contributed by atoms with Crippen molar-refractivity contribution in [2.45, 2.75) is 19.1 Å². The van der Waals surface area contributed by atoms with E-state index < -0.39 is 17.6 Å². The van der Waals surface area contributed by atoms with Gasteiger partial charge in [-0.1, -0.05) is 5.22 Å². The molecule has 0 saturated carbocycles. The Kier molecular flexibility index (Phi) is 7.57. The van der Waals surface area contributed by atoms with Crippen molar-refractivity contribution in [2.24, 2.45) is 10.3 Å². The van der Waals surface area contributed by atoms with Crippen LogP contribution in [0, 0.1) is 6.92 Å². The molecule has 2 aliphatic rings. The molecule has 2 aliphatic heterocycles. The minimum absolute atomic E-state index is 0.0577. The summed E-state index contributed by atoms with van der Waals surface area (Å²) in [6.45, 7) is 4.82. The van der Waals surface area contributed by atoms with E-state index in [4.69, 9.17) is 4.74 Å². The summed E-state index contributed by atoms with van der Waals surface area (Å²) in [5.74, 6) is 0.0233. The number of alkyl halides is 3. The Labute approximate surface area is 229 Å². The number of ether oxygens (including phenoxy) is 1. The van der Waals surface area contributed by atoms with Crippen LogP contribution in [0.4, 0.5) is 30.2 Å². The van der Waals surface area contributed by atoms with E-state index in [9.17, 15) is 18.0 Å². The van der Waals surface area contributed by atoms with E-state index >= 15 is 0 Å². The number of nitrogens with zero attached hydrogens (tertiary/aromatic N) is 7. The normalized spacial score (nSPS) is 17.8. The topological polar surface area (TPSA) is 98.6 Å². The van der Waals surface area contributed by atoms with Crippen LogP contribution in [-0.2, 0) is 6.18 Å². The molecule has 1 atom stereocenters. The molecule has 2 aromatic heterocycles. The molecule has 4 heterocycles. The molecule has 3 aromatic rings. The minimum Gasteiger partial charge on any atom is -0.495 e. The van der Waals surface area contributed by atoms with Gasteiger partial charge in [0.05, 0.1) is 42.4 Å². The summed E-state index contributed by atoms with van der Waals surface area (Å²) in [5.41, 5.74) is 1.84. The van der Waals surface area contributed by atoms with Crippen LogP contribution in [0.5, 0.6) is 5.75 Å². The van der Waals surface area contributed by atoms with E-state index in [2.05, 4.69) is 30.5 Å². The molecule has 5 rings (SSSR count). The molecule has 1 aromatic carbocycles. The van der Waals surface area contributed by atoms with Crippen LogP contribution in [0.2, 0.25) is 0 Å². The molecule has 1 unspecified atom stereocenters. The van der Waals surface area contributed by atoms with Crippen LogP contribution in [0.3, 0.4) is 0 Å². The SMILES string of the molecule is COc1cncc(C2CN(c3cc(C(=O)Nc4cc(N5CCN(C)CC5)cc(C(F)(F)F)c4)cnc3C)N=N2)c1. The predicted molar refractivity (Wildman–Crippen MR) is 144 cm³/mol. The average Bonchev–Trinajstić information content (AvgIpc) is 3.43. The van der Waals surface area contributed by atoms with E-state index in [1.807, 2.05) is 18.0 Å². The number of halogens is 3. The largest absolute Gasteiger partial charge is 0.495 e. The smallest absolute Gasteiger partial charge is 0.416 e. The number of amides is 1. The highest BCUT2D eigenvalue weighted by atomic mass is 19.4. The highest BCUT2D eigenvalue weighted by Crippen LogP contribution is 2.35. The molecule has 10 nitrogen and oxygen atoms in total. The molecule has 40 heavy (non-hydrogen) atoms. The number of nitrogens with one attached hydrogen (secondary N) is 1. The van der Waals surface area contributed by atoms with Crippen LogP contribution in [0.1, 0.15) is 33.2 Å². The molecular formula is C27H29F3N8O2. The monoisotopic (exact) mass is 554 g/mol. The highest BCUT2D eigenvalue weighted by Gasteiger charge is 2.32. The van der Waals surface area contributed by atoms with E-state index in [1.54, 1.807) is 43.6 Å². The fraction of sp³-hybridized carbons (Fsp3) is 0.370. The van der Waals surface area contributed by atoms with Gasteiger partial charge in [-0.2, -0.15) is 18.3 Å². The van der Waals surface area contributed by atoms with Gasteiger partial charge >= 0.3 is 6.18 Å². The lowest BCUT2D eigenvalue weighted by Gasteiger charge is -2.34. The molecule has 1 N–H and O–H groups in total. The quantitative estimate of drug-likeness (QED) is 0.470. The maximum Gasteiger partial charge on any atom is 0.416 e. The average molecular weight is 555 g/mol. The first-order chi connectivity index (χ1) is 19.1. The summed E-state index contributed by atoms with van der Waals surface area (Å²) in [4.78, 5) is 25.7. The summed E-state index contributed by atoms with van der Waals surface area (Å²) >= 11 is 0. The van der Waals surface area contributed by atoms with Gasteiger partial charge in [-0.3, -0.25) is 14.8 Å². The first-order valence-electron chi connectivity index (χ1n) is 12.7. The third-order valence-electron chi connectivity index (χ3n) is 6.97. The number of carbonyl (C=O) groups excluding carboxylic acids is 1. The standard InChI is InChI=1S/C27H29F3N8O2/c1-17-25(38-16-24(34-35-38)18-8-23(40-3)15-31-13-18)9-19(14-32-17)26(39)33-21-10-20(27(28,29)30)11-22(12-21)37-6-4-36(2)5-7-37/h8-15,24H,4-7,16H2,1-3H3,(H,33,39). The van der Waals surface area contributed by atoms with Crippen molar-refractivity contribution >= 4 is 23.0 Å². The zero-order chi connectivity index (χ0) is 28.4. The summed E-state index contributed by atoms with van der Waals surface area (Å²) in [6, 6.07) is 6.79. The molecular weight excluding hydrogens is 525 g/mol. The fourth-order valence-corrected chi connectivity index (χ4v) is 4.61. The van der Waals surface area contributed by atoms with E-state index in [0.717, 1.165) is 30.8 Å². The lowest BCUT2D eigenvalue weighted by Crippen LogP contribution is -2.44. The fourth-order valence-electron chi connectivity index (χ4n) is 4.61. The Hall–Kier alpha value is -4.26. The number of benzene rings is 1. The van der Waals surface area contributed by atoms with Crippen molar-refractivity contribution in [3.8, 4) is 5.75 Å². The number of likely N-dealkylation sites (N-methyl/N-ethyl adjacent to an activating group) is 1. The number of carbonyl (C=O) groups is 1. The van der Waals surface area contributed by atoms with E-state index in [1.165, 1.54) is 6.20 Å². The van der Waals surface area contributed by atoms with Gasteiger partial charge in [-0.15, -0.1) is 0 Å². The van der Waals surface area contributed by atoms with Gasteiger partial charge < -0.3 is 19.9 Å². The lowest BCUT2D eigenvalue weighted by atomic mass is 10.1. The van der Waals surface area contributed by atoms with Crippen molar-refractivity contribution in [1.29, 1.82) is 0 Å². The first kappa shape index (κ1) is 27.3. The van der Waals surface area contributed by atoms with E-state index in [0.29, 0.717) is 42.5 Å². The van der Waals surface area contributed by atoms with Crippen LogP contribution < -0.4 is 20.0 Å². The number of piperazine rings is 1. The van der Waals surface area contributed by atoms with E-state index in [-0.39, 0.29) is 17.3 Å². The minimum atomic E-state index is -4.56. The molecule has 1 amide bonds. The second kappa shape index (κ2) is 11.1. The van der Waals surface area contributed by atoms with Gasteiger partial charge in [0.15, 0.2) is 0 Å². The summed E-state index contributed by atoms with van der Waals surface area (Å²) < 4.78 is 46.4. The van der Waals surface area contributed by atoms with Gasteiger partial charge in [0.25, 0.3) is 5.91 Å². The molecule has 210 valence electrons. The Morgan fingerprint density at radius 2 is 1.82 bits per heavy atom. The second-order valence-electron chi connectivity index (χ2n) is 9.80. The zero-order valence-electron chi connectivity index (χ0n) is 22.3. The molecule has 0 spiro atoms. The lowest BCUT2D eigenvalue weighted by molar-refractivity contribution is -0.137. The Bertz CT molecular complexity index is 1420. The Morgan fingerprint density at radius 1 is 1.05 bits per heavy atom. The first-order valence-corrected chi connectivity index (χ1v) is 12.7. The number of hydrogen-bond donors (Lipinski definition) is 1. The second-order valence-corrected chi connectivity index (χ2v) is 9.80. The number of aromatic nitrogens is 2. The molecule has 0 bridgehead atoms. The number of anilines is 3. The van der Waals surface area contributed by atoms with Crippen molar-refractivity contribution in [3.05, 3.63) is 71.3 Å². The van der Waals surface area contributed by atoms with Crippen molar-refractivity contribution < 1.29 is 22.7 Å². The van der Waals surface area contributed by atoms with Crippen molar-refractivity contribution in [1.82, 2.24) is 14.9 Å². The van der Waals surface area contributed by atoms with Gasteiger partial charge in [0.1, 0.15) is 11.8 Å². The zero-order valence-corrected chi connectivity index (χ0v) is 22.3. The van der Waals surface area contributed by atoms with Crippen LogP contribution in [0.25, 0.3) is 0 Å². The molecule has 13 heteroatoms. The van der Waals surface area contributed by atoms with Gasteiger partial charge in [0.2, 0.25) is 0 Å². The molecule has 1 saturated heterocycles. The third-order valence-corrected chi connectivity index (χ3v) is 6.97. The van der Waals surface area contributed by atoms with Gasteiger partial charge in [0, 0.05) is 55.5 Å². The Balaban J connectivity index is 1.35. The summed E-state index contributed by atoms with van der Waals surface area (Å²) in [7, 11) is 3.53. The number of rotatable bonds is 6. The summed E-state index contributed by atoms with van der Waals surface area (Å²) in [5, 5.41) is 12.9. The maximum atomic E-state index is 13.7. The predicted octanol–water partition coefficient (Wildman–Crippen LogP) is 4.75. The molecule has 1 fully saturated rings. The maximum absolute atomic E-state index is 13.7. The van der Waals surface area contributed by atoms with Crippen LogP contribution >= 0.6 is 0 Å². The number of pyridine rings is 2. The number of methoxy groups -OCH3 is 1. The number of hydrogen-bond acceptors (Lipinski definition) is 9. The summed E-state index contributed by atoms with van der Waals surface area (Å²) in [6.07, 6.45) is 0.119. The molecule has 0 radical (unpaired) electrons. The third kappa shape index (κ3) is 5.98. The molecule has 0 aliphatic carbocycles. The van der Waals surface area contributed by atoms with Gasteiger partial charge in [-0.05, 0) is 44.3 Å².